The Labute approximate surface area is 129 Å². The van der Waals surface area contributed by atoms with Crippen molar-refractivity contribution in [1.29, 1.82) is 0 Å². The molecule has 0 radical (unpaired) electrons. The fourth-order valence-electron chi connectivity index (χ4n) is 3.32. The molecule has 0 amide bonds. The van der Waals surface area contributed by atoms with Gasteiger partial charge in [0.2, 0.25) is 0 Å². The van der Waals surface area contributed by atoms with Gasteiger partial charge < -0.3 is 40.7 Å². The van der Waals surface area contributed by atoms with Crippen LogP contribution in [0.2, 0.25) is 0 Å². The van der Waals surface area contributed by atoms with Crippen molar-refractivity contribution in [2.75, 3.05) is 6.61 Å². The number of ether oxygens (including phenoxy) is 2. The van der Waals surface area contributed by atoms with Gasteiger partial charge in [-0.1, -0.05) is 13.8 Å². The van der Waals surface area contributed by atoms with Crippen molar-refractivity contribution in [2.24, 2.45) is 17.6 Å². The number of hydrogen-bond acceptors (Lipinski definition) is 8. The highest BCUT2D eigenvalue weighted by Crippen LogP contribution is 2.33. The first-order valence-corrected chi connectivity index (χ1v) is 7.67. The standard InChI is InChI=1S/C14H27NO7/c1-5-3-6(2)13(12(20)9(5)17)22-14-8(15)11(19)10(18)7(4-16)21-14/h5-14,16-20H,3-4,15H2,1-2H3/t5-,6?,7?,8?,9?,10-,11?,12?,13-,14-/m1/s1. The molecular weight excluding hydrogens is 294 g/mol. The van der Waals surface area contributed by atoms with Gasteiger partial charge in [0.1, 0.15) is 24.4 Å². The maximum absolute atomic E-state index is 10.2. The smallest absolute Gasteiger partial charge is 0.176 e. The molecule has 0 aromatic heterocycles. The third kappa shape index (κ3) is 3.29. The molecule has 8 nitrogen and oxygen atoms in total. The summed E-state index contributed by atoms with van der Waals surface area (Å²) in [6.45, 7) is 3.25. The van der Waals surface area contributed by atoms with Gasteiger partial charge in [0.25, 0.3) is 0 Å². The number of rotatable bonds is 3. The Balaban J connectivity index is 2.08. The summed E-state index contributed by atoms with van der Waals surface area (Å²) in [5.41, 5.74) is 5.81. The number of hydrogen-bond donors (Lipinski definition) is 6. The van der Waals surface area contributed by atoms with E-state index in [9.17, 15) is 25.5 Å². The van der Waals surface area contributed by atoms with Gasteiger partial charge >= 0.3 is 0 Å². The summed E-state index contributed by atoms with van der Waals surface area (Å²) in [6.07, 6.45) is -6.76. The predicted molar refractivity (Wildman–Crippen MR) is 75.6 cm³/mol. The van der Waals surface area contributed by atoms with E-state index in [4.69, 9.17) is 15.2 Å². The summed E-state index contributed by atoms with van der Waals surface area (Å²) >= 11 is 0. The second-order valence-electron chi connectivity index (χ2n) is 6.56. The SMILES string of the molecule is CC1C[C@@H](C)C(O)C(O)[C@@H]1O[C@H]1OC(CO)[C@@H](O)C(O)C1N. The number of aliphatic hydroxyl groups excluding tert-OH is 5. The molecule has 2 rings (SSSR count). The Kier molecular flexibility index (Phi) is 5.79. The van der Waals surface area contributed by atoms with Crippen LogP contribution in [0.4, 0.5) is 0 Å². The van der Waals surface area contributed by atoms with E-state index in [2.05, 4.69) is 0 Å². The molecule has 8 heteroatoms. The van der Waals surface area contributed by atoms with Crippen LogP contribution in [0.3, 0.4) is 0 Å². The van der Waals surface area contributed by atoms with E-state index in [0.717, 1.165) is 0 Å². The van der Waals surface area contributed by atoms with Crippen LogP contribution in [0.15, 0.2) is 0 Å². The molecule has 6 unspecified atom stereocenters. The molecular formula is C14H27NO7. The zero-order chi connectivity index (χ0) is 16.6. The molecule has 7 N–H and O–H groups in total. The average Bonchev–Trinajstić information content (AvgIpc) is 2.49. The van der Waals surface area contributed by atoms with Crippen LogP contribution < -0.4 is 5.73 Å². The predicted octanol–water partition coefficient (Wildman–Crippen LogP) is -2.46. The highest BCUT2D eigenvalue weighted by Gasteiger charge is 2.47. The van der Waals surface area contributed by atoms with Crippen LogP contribution in [0.5, 0.6) is 0 Å². The molecule has 10 atom stereocenters. The minimum absolute atomic E-state index is 0.0410. The normalized spacial score (nSPS) is 53.5. The first kappa shape index (κ1) is 18.0. The second-order valence-corrected chi connectivity index (χ2v) is 6.56. The minimum Gasteiger partial charge on any atom is -0.394 e. The van der Waals surface area contributed by atoms with Crippen molar-refractivity contribution in [3.05, 3.63) is 0 Å². The van der Waals surface area contributed by atoms with E-state index < -0.39 is 55.6 Å². The van der Waals surface area contributed by atoms with Gasteiger partial charge in [0, 0.05) is 0 Å². The van der Waals surface area contributed by atoms with Crippen molar-refractivity contribution in [2.45, 2.75) is 69.2 Å². The fourth-order valence-corrected chi connectivity index (χ4v) is 3.32. The summed E-state index contributed by atoms with van der Waals surface area (Å²) < 4.78 is 11.1. The highest BCUT2D eigenvalue weighted by atomic mass is 16.7. The van der Waals surface area contributed by atoms with Crippen LogP contribution >= 0.6 is 0 Å². The van der Waals surface area contributed by atoms with Crippen molar-refractivity contribution in [3.8, 4) is 0 Å². The van der Waals surface area contributed by atoms with Crippen molar-refractivity contribution in [3.63, 3.8) is 0 Å². The summed E-state index contributed by atoms with van der Waals surface area (Å²) in [5.74, 6) is -0.0934. The Morgan fingerprint density at radius 3 is 2.23 bits per heavy atom. The Bertz CT molecular complexity index is 369. The van der Waals surface area contributed by atoms with Gasteiger partial charge in [0.05, 0.1) is 24.9 Å². The molecule has 1 heterocycles. The first-order valence-electron chi connectivity index (χ1n) is 7.67. The Morgan fingerprint density at radius 1 is 1.00 bits per heavy atom. The van der Waals surface area contributed by atoms with Gasteiger partial charge in [-0.2, -0.15) is 0 Å². The molecule has 1 saturated carbocycles. The van der Waals surface area contributed by atoms with Crippen LogP contribution in [-0.4, -0.2) is 81.1 Å². The van der Waals surface area contributed by atoms with E-state index in [1.165, 1.54) is 0 Å². The summed E-state index contributed by atoms with van der Waals surface area (Å²) in [7, 11) is 0. The van der Waals surface area contributed by atoms with E-state index in [0.29, 0.717) is 6.42 Å². The van der Waals surface area contributed by atoms with E-state index in [1.54, 1.807) is 0 Å². The topological polar surface area (TPSA) is 146 Å². The van der Waals surface area contributed by atoms with Crippen LogP contribution in [-0.2, 0) is 9.47 Å². The minimum atomic E-state index is -1.31. The first-order chi connectivity index (χ1) is 10.3. The van der Waals surface area contributed by atoms with Crippen LogP contribution in [0, 0.1) is 11.8 Å². The van der Waals surface area contributed by atoms with E-state index >= 15 is 0 Å². The molecule has 1 aliphatic heterocycles. The van der Waals surface area contributed by atoms with E-state index in [-0.39, 0.29) is 11.8 Å². The van der Waals surface area contributed by atoms with E-state index in [1.807, 2.05) is 13.8 Å². The zero-order valence-electron chi connectivity index (χ0n) is 12.8. The lowest BCUT2D eigenvalue weighted by Crippen LogP contribution is -2.64. The lowest BCUT2D eigenvalue weighted by atomic mass is 9.77. The largest absolute Gasteiger partial charge is 0.394 e. The third-order valence-corrected chi connectivity index (χ3v) is 4.79. The maximum atomic E-state index is 10.2. The molecule has 1 aliphatic carbocycles. The average molecular weight is 321 g/mol. The van der Waals surface area contributed by atoms with Gasteiger partial charge in [-0.3, -0.25) is 0 Å². The second kappa shape index (κ2) is 7.06. The number of aliphatic hydroxyl groups is 5. The van der Waals surface area contributed by atoms with Gasteiger partial charge in [0.15, 0.2) is 6.29 Å². The summed E-state index contributed by atoms with van der Waals surface area (Å²) in [6, 6.07) is -1.02. The molecule has 2 fully saturated rings. The molecule has 0 aromatic carbocycles. The zero-order valence-corrected chi connectivity index (χ0v) is 12.8. The number of nitrogens with two attached hydrogens (primary N) is 1. The van der Waals surface area contributed by atoms with Gasteiger partial charge in [-0.05, 0) is 18.3 Å². The molecule has 2 aliphatic rings. The Morgan fingerprint density at radius 2 is 1.64 bits per heavy atom. The van der Waals surface area contributed by atoms with Gasteiger partial charge in [-0.15, -0.1) is 0 Å². The van der Waals surface area contributed by atoms with Gasteiger partial charge in [-0.25, -0.2) is 0 Å². The molecule has 1 saturated heterocycles. The molecule has 130 valence electrons. The molecule has 22 heavy (non-hydrogen) atoms. The molecule has 0 aromatic rings. The highest BCUT2D eigenvalue weighted by molar-refractivity contribution is 4.95. The molecule has 0 bridgehead atoms. The third-order valence-electron chi connectivity index (χ3n) is 4.79. The fraction of sp³-hybridized carbons (Fsp3) is 1.00. The van der Waals surface area contributed by atoms with Crippen LogP contribution in [0.25, 0.3) is 0 Å². The van der Waals surface area contributed by atoms with Crippen LogP contribution in [0.1, 0.15) is 20.3 Å². The lowest BCUT2D eigenvalue weighted by molar-refractivity contribution is -0.299. The van der Waals surface area contributed by atoms with Crippen molar-refractivity contribution in [1.82, 2.24) is 0 Å². The molecule has 0 spiro atoms. The quantitative estimate of drug-likeness (QED) is 0.335. The van der Waals surface area contributed by atoms with Crippen molar-refractivity contribution < 1.29 is 35.0 Å². The lowest BCUT2D eigenvalue weighted by Gasteiger charge is -2.45. The monoisotopic (exact) mass is 321 g/mol. The Hall–Kier alpha value is -0.320. The summed E-state index contributed by atoms with van der Waals surface area (Å²) in [4.78, 5) is 0. The maximum Gasteiger partial charge on any atom is 0.176 e. The summed E-state index contributed by atoms with van der Waals surface area (Å²) in [5, 5.41) is 49.0. The van der Waals surface area contributed by atoms with Crippen molar-refractivity contribution >= 4 is 0 Å².